The van der Waals surface area contributed by atoms with Crippen molar-refractivity contribution in [1.29, 1.82) is 0 Å². The number of fused-ring (bicyclic) bond motifs is 1. The van der Waals surface area contributed by atoms with Crippen LogP contribution in [0.3, 0.4) is 0 Å². The van der Waals surface area contributed by atoms with E-state index in [1.807, 2.05) is 0 Å². The summed E-state index contributed by atoms with van der Waals surface area (Å²) in [6.45, 7) is -0.215. The largest absolute Gasteiger partial charge is 0.477 e. The van der Waals surface area contributed by atoms with Crippen molar-refractivity contribution in [2.24, 2.45) is 12.2 Å². The molecule has 2 atom stereocenters. The van der Waals surface area contributed by atoms with Crippen molar-refractivity contribution in [2.75, 3.05) is 23.4 Å². The quantitative estimate of drug-likeness (QED) is 0.0582. The van der Waals surface area contributed by atoms with E-state index in [1.54, 1.807) is 7.05 Å². The summed E-state index contributed by atoms with van der Waals surface area (Å²) in [5.74, 6) is 0.175. The van der Waals surface area contributed by atoms with Gasteiger partial charge in [-0.25, -0.2) is 14.5 Å². The maximum atomic E-state index is 13.0. The molecule has 0 aliphatic carbocycles. The topological polar surface area (TPSA) is 194 Å². The molecule has 192 valence electrons. The maximum Gasteiger partial charge on any atom is 0.352 e. The number of hydrogen-bond donors (Lipinski definition) is 3. The lowest BCUT2D eigenvalue weighted by atomic mass is 10.0. The van der Waals surface area contributed by atoms with Crippen molar-refractivity contribution in [2.45, 2.75) is 16.6 Å². The van der Waals surface area contributed by atoms with Gasteiger partial charge in [-0.15, -0.1) is 34.6 Å². The molecule has 0 radical (unpaired) electrons. The monoisotopic (exact) mass is 563 g/mol. The maximum absolute atomic E-state index is 13.0. The van der Waals surface area contributed by atoms with Gasteiger partial charge in [-0.2, -0.15) is 0 Å². The molecule has 1 fully saturated rings. The number of terminal acetylenes is 1. The van der Waals surface area contributed by atoms with Gasteiger partial charge < -0.3 is 20.6 Å². The molecule has 1 saturated heterocycles. The Labute approximate surface area is 221 Å². The number of thioether (sulfide) groups is 2. The van der Waals surface area contributed by atoms with Crippen LogP contribution in [-0.4, -0.2) is 94.6 Å². The van der Waals surface area contributed by atoms with E-state index in [0.29, 0.717) is 22.9 Å². The Morgan fingerprint density at radius 2 is 2.30 bits per heavy atom. The van der Waals surface area contributed by atoms with Crippen LogP contribution in [0.2, 0.25) is 0 Å². The van der Waals surface area contributed by atoms with E-state index >= 15 is 0 Å². The molecular weight excluding hydrogens is 546 g/mol. The number of aromatic nitrogens is 5. The number of β-lactam (4-membered cyclic amide) rings is 1. The fraction of sp³-hybridized carbons (Fsp3) is 0.316. The SMILES string of the molecule is C#CCO/N=C(/C(=O)NC1C(=O)N2C(C(=O)O)=C(CSc3nnnn3C)CS[C@H]12)c1csc(NC=O)n1. The predicted molar refractivity (Wildman–Crippen MR) is 132 cm³/mol. The zero-order valence-corrected chi connectivity index (χ0v) is 21.3. The van der Waals surface area contributed by atoms with E-state index in [1.165, 1.54) is 33.6 Å². The molecule has 4 rings (SSSR count). The molecule has 2 aliphatic heterocycles. The summed E-state index contributed by atoms with van der Waals surface area (Å²) in [6.07, 6.45) is 5.59. The standard InChI is InChI=1S/C19H17N9O6S3/c1-3-4-34-24-11(10-7-36-18(21-10)20-8-29)14(30)22-12-15(31)28-13(17(32)33)9(5-35-16(12)28)6-37-19-23-25-26-27(19)2/h1,7-8,12,16H,4-6H2,2H3,(H,22,30)(H,32,33)(H,20,21,29)/b24-11+/t12?,16-/m1/s1. The molecule has 37 heavy (non-hydrogen) atoms. The number of thiazole rings is 1. The van der Waals surface area contributed by atoms with Crippen LogP contribution >= 0.6 is 34.9 Å². The van der Waals surface area contributed by atoms with Crippen molar-refractivity contribution < 1.29 is 29.1 Å². The highest BCUT2D eigenvalue weighted by molar-refractivity contribution is 8.01. The van der Waals surface area contributed by atoms with Gasteiger partial charge in [0, 0.05) is 23.9 Å². The Balaban J connectivity index is 1.50. The number of carbonyl (C=O) groups is 4. The number of carbonyl (C=O) groups excluding carboxylic acids is 3. The number of nitrogens with zero attached hydrogens (tertiary/aromatic N) is 7. The second-order valence-corrected chi connectivity index (χ2v) is 10.1. The van der Waals surface area contributed by atoms with Gasteiger partial charge >= 0.3 is 5.97 Å². The Bertz CT molecular complexity index is 1350. The first kappa shape index (κ1) is 26.1. The number of hydrogen-bond acceptors (Lipinski definition) is 13. The molecule has 0 bridgehead atoms. The molecule has 1 unspecified atom stereocenters. The van der Waals surface area contributed by atoms with E-state index in [2.05, 4.69) is 42.2 Å². The number of rotatable bonds is 11. The van der Waals surface area contributed by atoms with Crippen LogP contribution in [0, 0.1) is 12.3 Å². The fourth-order valence-electron chi connectivity index (χ4n) is 3.34. The highest BCUT2D eigenvalue weighted by atomic mass is 32.2. The lowest BCUT2D eigenvalue weighted by molar-refractivity contribution is -0.150. The van der Waals surface area contributed by atoms with E-state index in [0.717, 1.165) is 16.2 Å². The number of carboxylic acids is 1. The summed E-state index contributed by atoms with van der Waals surface area (Å²) in [4.78, 5) is 59.0. The fourth-order valence-corrected chi connectivity index (χ4v) is 6.33. The summed E-state index contributed by atoms with van der Waals surface area (Å²) >= 11 is 3.61. The molecule has 2 aromatic rings. The van der Waals surface area contributed by atoms with Crippen LogP contribution in [0.5, 0.6) is 0 Å². The first-order valence-electron chi connectivity index (χ1n) is 10.2. The Kier molecular flexibility index (Phi) is 8.05. The van der Waals surface area contributed by atoms with Crippen molar-refractivity contribution in [1.82, 2.24) is 35.4 Å². The van der Waals surface area contributed by atoms with E-state index in [-0.39, 0.29) is 34.6 Å². The molecule has 3 N–H and O–H groups in total. The Morgan fingerprint density at radius 3 is 2.97 bits per heavy atom. The Morgan fingerprint density at radius 1 is 1.49 bits per heavy atom. The summed E-state index contributed by atoms with van der Waals surface area (Å²) in [7, 11) is 1.66. The summed E-state index contributed by atoms with van der Waals surface area (Å²) in [5, 5.41) is 31.2. The third-order valence-electron chi connectivity index (χ3n) is 4.94. The molecule has 3 amide bonds. The summed E-state index contributed by atoms with van der Waals surface area (Å²) < 4.78 is 1.46. The number of carboxylic acid groups (broad SMARTS) is 1. The zero-order valence-electron chi connectivity index (χ0n) is 18.9. The van der Waals surface area contributed by atoms with Crippen LogP contribution < -0.4 is 10.6 Å². The van der Waals surface area contributed by atoms with Crippen LogP contribution in [0.25, 0.3) is 0 Å². The van der Waals surface area contributed by atoms with Gasteiger partial charge in [0.15, 0.2) is 17.5 Å². The summed E-state index contributed by atoms with van der Waals surface area (Å²) in [5.41, 5.74) is 0.230. The third-order valence-corrected chi connectivity index (χ3v) is 8.15. The van der Waals surface area contributed by atoms with Crippen molar-refractivity contribution in [3.63, 3.8) is 0 Å². The first-order chi connectivity index (χ1) is 17.8. The first-order valence-corrected chi connectivity index (χ1v) is 13.1. The van der Waals surface area contributed by atoms with Crippen LogP contribution in [0.15, 0.2) is 27.0 Å². The lowest BCUT2D eigenvalue weighted by Crippen LogP contribution is -2.71. The van der Waals surface area contributed by atoms with Crippen LogP contribution in [0.4, 0.5) is 5.13 Å². The minimum atomic E-state index is -1.25. The number of oxime groups is 1. The minimum Gasteiger partial charge on any atom is -0.477 e. The number of aryl methyl sites for hydroxylation is 1. The highest BCUT2D eigenvalue weighted by Gasteiger charge is 2.54. The third kappa shape index (κ3) is 5.42. The van der Waals surface area contributed by atoms with Gasteiger partial charge in [0.25, 0.3) is 11.8 Å². The number of tetrazole rings is 1. The van der Waals surface area contributed by atoms with Gasteiger partial charge in [-0.05, 0) is 16.0 Å². The van der Waals surface area contributed by atoms with Gasteiger partial charge in [-0.3, -0.25) is 19.3 Å². The molecule has 15 nitrogen and oxygen atoms in total. The second-order valence-electron chi connectivity index (χ2n) is 7.21. The van der Waals surface area contributed by atoms with Gasteiger partial charge in [0.05, 0.1) is 0 Å². The number of aliphatic carboxylic acids is 1. The molecule has 2 aromatic heterocycles. The van der Waals surface area contributed by atoms with E-state index in [9.17, 15) is 24.3 Å². The molecule has 2 aliphatic rings. The predicted octanol–water partition coefficient (Wildman–Crippen LogP) is -0.880. The van der Waals surface area contributed by atoms with Crippen LogP contribution in [0.1, 0.15) is 5.69 Å². The van der Waals surface area contributed by atoms with Crippen molar-refractivity contribution >= 4 is 69.9 Å². The minimum absolute atomic E-state index is 0.0903. The number of nitrogens with one attached hydrogen (secondary N) is 2. The van der Waals surface area contributed by atoms with Gasteiger partial charge in [0.2, 0.25) is 11.6 Å². The Hall–Kier alpha value is -3.95. The molecular formula is C19H17N9O6S3. The normalized spacial score (nSPS) is 19.0. The van der Waals surface area contributed by atoms with Crippen molar-refractivity contribution in [3.05, 3.63) is 22.3 Å². The molecule has 0 saturated carbocycles. The molecule has 18 heteroatoms. The smallest absolute Gasteiger partial charge is 0.352 e. The second kappa shape index (κ2) is 11.4. The highest BCUT2D eigenvalue weighted by Crippen LogP contribution is 2.41. The molecule has 0 spiro atoms. The lowest BCUT2D eigenvalue weighted by Gasteiger charge is -2.49. The van der Waals surface area contributed by atoms with E-state index < -0.39 is 29.2 Å². The van der Waals surface area contributed by atoms with Crippen molar-refractivity contribution in [3.8, 4) is 12.3 Å². The number of amides is 3. The van der Waals surface area contributed by atoms with Gasteiger partial charge in [-0.1, -0.05) is 22.8 Å². The van der Waals surface area contributed by atoms with Gasteiger partial charge in [0.1, 0.15) is 22.8 Å². The summed E-state index contributed by atoms with van der Waals surface area (Å²) in [6, 6.07) is -1.01. The van der Waals surface area contributed by atoms with Crippen LogP contribution in [-0.2, 0) is 31.1 Å². The average Bonchev–Trinajstić information content (AvgIpc) is 3.51. The molecule has 4 heterocycles. The average molecular weight is 564 g/mol. The zero-order chi connectivity index (χ0) is 26.5. The number of anilines is 1. The molecule has 0 aromatic carbocycles. The van der Waals surface area contributed by atoms with E-state index in [4.69, 9.17) is 11.3 Å².